The predicted octanol–water partition coefficient (Wildman–Crippen LogP) is 4.14. The molecule has 4 rings (SSSR count). The molecule has 0 unspecified atom stereocenters. The second-order valence-corrected chi connectivity index (χ2v) is 5.86. The molecule has 2 amide bonds. The number of nitrogens with zero attached hydrogens (tertiary/aromatic N) is 1. The monoisotopic (exact) mass is 344 g/mol. The summed E-state index contributed by atoms with van der Waals surface area (Å²) in [7, 11) is 0. The standard InChI is InChI=1S/C21H16N2O3/c24-20-18-8-4-5-9-19(18)21(25)23(20)14-22-15-10-12-17(13-11-15)26-16-6-2-1-3-7-16/h1-13,22H,14H2. The van der Waals surface area contributed by atoms with E-state index >= 15 is 0 Å². The normalized spacial score (nSPS) is 12.8. The molecule has 0 atom stereocenters. The van der Waals surface area contributed by atoms with E-state index in [0.717, 1.165) is 11.4 Å². The molecule has 0 aliphatic carbocycles. The summed E-state index contributed by atoms with van der Waals surface area (Å²) in [4.78, 5) is 25.9. The number of anilines is 1. The molecule has 1 aliphatic rings. The van der Waals surface area contributed by atoms with Crippen LogP contribution in [0.4, 0.5) is 5.69 Å². The first kappa shape index (κ1) is 15.9. The molecule has 1 aliphatic heterocycles. The van der Waals surface area contributed by atoms with Gasteiger partial charge in [-0.2, -0.15) is 0 Å². The van der Waals surface area contributed by atoms with E-state index in [0.29, 0.717) is 16.9 Å². The number of fused-ring (bicyclic) bond motifs is 1. The van der Waals surface area contributed by atoms with Crippen LogP contribution in [-0.4, -0.2) is 23.4 Å². The van der Waals surface area contributed by atoms with Gasteiger partial charge < -0.3 is 10.1 Å². The fourth-order valence-corrected chi connectivity index (χ4v) is 2.82. The van der Waals surface area contributed by atoms with Crippen LogP contribution in [0.15, 0.2) is 78.9 Å². The van der Waals surface area contributed by atoms with Crippen molar-refractivity contribution in [1.29, 1.82) is 0 Å². The van der Waals surface area contributed by atoms with Gasteiger partial charge in [-0.05, 0) is 48.5 Å². The van der Waals surface area contributed by atoms with Crippen molar-refractivity contribution >= 4 is 17.5 Å². The number of hydrogen-bond acceptors (Lipinski definition) is 4. The van der Waals surface area contributed by atoms with E-state index in [-0.39, 0.29) is 18.5 Å². The van der Waals surface area contributed by atoms with Crippen LogP contribution in [0.1, 0.15) is 20.7 Å². The Balaban J connectivity index is 1.40. The molecule has 3 aromatic carbocycles. The lowest BCUT2D eigenvalue weighted by Crippen LogP contribution is -2.34. The quantitative estimate of drug-likeness (QED) is 0.707. The van der Waals surface area contributed by atoms with Crippen molar-refractivity contribution in [3.8, 4) is 11.5 Å². The molecule has 0 bridgehead atoms. The lowest BCUT2D eigenvalue weighted by atomic mass is 10.1. The van der Waals surface area contributed by atoms with E-state index in [1.807, 2.05) is 54.6 Å². The minimum Gasteiger partial charge on any atom is -0.457 e. The topological polar surface area (TPSA) is 58.6 Å². The first-order valence-corrected chi connectivity index (χ1v) is 8.24. The molecule has 5 nitrogen and oxygen atoms in total. The molecule has 0 spiro atoms. The van der Waals surface area contributed by atoms with Crippen LogP contribution in [0.2, 0.25) is 0 Å². The van der Waals surface area contributed by atoms with E-state index in [1.165, 1.54) is 4.90 Å². The average Bonchev–Trinajstić information content (AvgIpc) is 2.93. The first-order valence-electron chi connectivity index (χ1n) is 8.24. The lowest BCUT2D eigenvalue weighted by molar-refractivity contribution is 0.0666. The molecule has 0 radical (unpaired) electrons. The van der Waals surface area contributed by atoms with Crippen LogP contribution >= 0.6 is 0 Å². The van der Waals surface area contributed by atoms with Crippen molar-refractivity contribution in [2.45, 2.75) is 0 Å². The van der Waals surface area contributed by atoms with E-state index in [1.54, 1.807) is 24.3 Å². The zero-order valence-electron chi connectivity index (χ0n) is 13.9. The maximum atomic E-state index is 12.3. The van der Waals surface area contributed by atoms with E-state index in [9.17, 15) is 9.59 Å². The van der Waals surface area contributed by atoms with Crippen LogP contribution in [0.3, 0.4) is 0 Å². The lowest BCUT2D eigenvalue weighted by Gasteiger charge is -2.16. The molecule has 3 aromatic rings. The number of nitrogens with one attached hydrogen (secondary N) is 1. The number of carbonyl (C=O) groups is 2. The number of benzene rings is 3. The Kier molecular flexibility index (Phi) is 4.11. The summed E-state index contributed by atoms with van der Waals surface area (Å²) < 4.78 is 5.74. The van der Waals surface area contributed by atoms with Gasteiger partial charge in [-0.1, -0.05) is 30.3 Å². The Labute approximate surface area is 150 Å². The van der Waals surface area contributed by atoms with Crippen LogP contribution < -0.4 is 10.1 Å². The second kappa shape index (κ2) is 6.72. The van der Waals surface area contributed by atoms with Gasteiger partial charge in [-0.3, -0.25) is 14.5 Å². The average molecular weight is 344 g/mol. The summed E-state index contributed by atoms with van der Waals surface area (Å²) in [5.74, 6) is 0.922. The van der Waals surface area contributed by atoms with Gasteiger partial charge in [0.05, 0.1) is 17.8 Å². The Morgan fingerprint density at radius 2 is 1.23 bits per heavy atom. The van der Waals surface area contributed by atoms with Crippen molar-refractivity contribution in [3.63, 3.8) is 0 Å². The fraction of sp³-hybridized carbons (Fsp3) is 0.0476. The zero-order chi connectivity index (χ0) is 17.9. The van der Waals surface area contributed by atoms with Gasteiger partial charge in [0.1, 0.15) is 11.5 Å². The number of imide groups is 1. The third-order valence-corrected chi connectivity index (χ3v) is 4.15. The maximum Gasteiger partial charge on any atom is 0.263 e. The highest BCUT2D eigenvalue weighted by molar-refractivity contribution is 6.21. The number of carbonyl (C=O) groups excluding carboxylic acids is 2. The smallest absolute Gasteiger partial charge is 0.263 e. The molecule has 1 heterocycles. The van der Waals surface area contributed by atoms with Crippen molar-refractivity contribution < 1.29 is 14.3 Å². The highest BCUT2D eigenvalue weighted by atomic mass is 16.5. The third-order valence-electron chi connectivity index (χ3n) is 4.15. The van der Waals surface area contributed by atoms with Crippen LogP contribution in [0.25, 0.3) is 0 Å². The zero-order valence-corrected chi connectivity index (χ0v) is 13.9. The molecular formula is C21H16N2O3. The predicted molar refractivity (Wildman–Crippen MR) is 98.4 cm³/mol. The number of rotatable bonds is 5. The molecule has 26 heavy (non-hydrogen) atoms. The SMILES string of the molecule is O=C1c2ccccc2C(=O)N1CNc1ccc(Oc2ccccc2)cc1. The number of ether oxygens (including phenoxy) is 1. The van der Waals surface area contributed by atoms with Gasteiger partial charge in [-0.25, -0.2) is 0 Å². The molecule has 0 saturated carbocycles. The van der Waals surface area contributed by atoms with Gasteiger partial charge in [0.2, 0.25) is 0 Å². The summed E-state index contributed by atoms with van der Waals surface area (Å²) in [6.07, 6.45) is 0. The molecular weight excluding hydrogens is 328 g/mol. The van der Waals surface area contributed by atoms with Gasteiger partial charge in [0.25, 0.3) is 11.8 Å². The van der Waals surface area contributed by atoms with Crippen molar-refractivity contribution in [1.82, 2.24) is 4.90 Å². The van der Waals surface area contributed by atoms with E-state index in [2.05, 4.69) is 5.32 Å². The highest BCUT2D eigenvalue weighted by Gasteiger charge is 2.34. The third kappa shape index (κ3) is 3.02. The molecule has 1 N–H and O–H groups in total. The minimum absolute atomic E-state index is 0.116. The molecule has 5 heteroatoms. The van der Waals surface area contributed by atoms with Crippen LogP contribution in [-0.2, 0) is 0 Å². The van der Waals surface area contributed by atoms with E-state index in [4.69, 9.17) is 4.74 Å². The Morgan fingerprint density at radius 3 is 1.85 bits per heavy atom. The fourth-order valence-electron chi connectivity index (χ4n) is 2.82. The Morgan fingerprint density at radius 1 is 0.692 bits per heavy atom. The van der Waals surface area contributed by atoms with Gasteiger partial charge in [0.15, 0.2) is 0 Å². The van der Waals surface area contributed by atoms with Crippen LogP contribution in [0, 0.1) is 0 Å². The van der Waals surface area contributed by atoms with Crippen LogP contribution in [0.5, 0.6) is 11.5 Å². The number of para-hydroxylation sites is 1. The number of amides is 2. The minimum atomic E-state index is -0.276. The van der Waals surface area contributed by atoms with Crippen molar-refractivity contribution in [2.24, 2.45) is 0 Å². The first-order chi connectivity index (χ1) is 12.7. The van der Waals surface area contributed by atoms with Crippen molar-refractivity contribution in [3.05, 3.63) is 90.0 Å². The molecule has 0 fully saturated rings. The van der Waals surface area contributed by atoms with Crippen molar-refractivity contribution in [2.75, 3.05) is 12.0 Å². The van der Waals surface area contributed by atoms with E-state index < -0.39 is 0 Å². The summed E-state index contributed by atoms with van der Waals surface area (Å²) in [5.41, 5.74) is 1.69. The van der Waals surface area contributed by atoms with Gasteiger partial charge in [0, 0.05) is 5.69 Å². The molecule has 0 saturated heterocycles. The summed E-state index contributed by atoms with van der Waals surface area (Å²) in [6.45, 7) is 0.116. The second-order valence-electron chi connectivity index (χ2n) is 5.86. The summed E-state index contributed by atoms with van der Waals surface area (Å²) >= 11 is 0. The molecule has 0 aromatic heterocycles. The maximum absolute atomic E-state index is 12.3. The van der Waals surface area contributed by atoms with Gasteiger partial charge >= 0.3 is 0 Å². The summed E-state index contributed by atoms with van der Waals surface area (Å²) in [5, 5.41) is 3.10. The van der Waals surface area contributed by atoms with Gasteiger partial charge in [-0.15, -0.1) is 0 Å². The Hall–Kier alpha value is -3.60. The molecule has 128 valence electrons. The highest BCUT2D eigenvalue weighted by Crippen LogP contribution is 2.24. The number of hydrogen-bond donors (Lipinski definition) is 1. The summed E-state index contributed by atoms with van der Waals surface area (Å²) in [6, 6.07) is 23.7. The largest absolute Gasteiger partial charge is 0.457 e. The Bertz CT molecular complexity index is 918.